The van der Waals surface area contributed by atoms with E-state index in [1.54, 1.807) is 12.3 Å². The Morgan fingerprint density at radius 1 is 1.20 bits per heavy atom. The smallest absolute Gasteiger partial charge is 0.263 e. The van der Waals surface area contributed by atoms with Crippen molar-refractivity contribution in [3.63, 3.8) is 0 Å². The molecule has 0 aliphatic heterocycles. The van der Waals surface area contributed by atoms with Gasteiger partial charge in [-0.05, 0) is 37.8 Å². The van der Waals surface area contributed by atoms with Crippen molar-refractivity contribution >= 4 is 26.5 Å². The molecule has 1 aliphatic rings. The highest BCUT2D eigenvalue weighted by molar-refractivity contribution is 7.93. The van der Waals surface area contributed by atoms with Crippen molar-refractivity contribution in [3.05, 3.63) is 35.1 Å². The fraction of sp³-hybridized carbons (Fsp3) is 0.385. The van der Waals surface area contributed by atoms with Crippen LogP contribution < -0.4 is 4.72 Å². The molecule has 106 valence electrons. The molecule has 0 fully saturated rings. The topological polar surface area (TPSA) is 72.0 Å². The number of hydrogen-bond donors (Lipinski definition) is 1. The maximum atomic E-state index is 12.2. The molecule has 1 aliphatic carbocycles. The Balaban J connectivity index is 1.85. The van der Waals surface area contributed by atoms with Gasteiger partial charge in [-0.1, -0.05) is 6.42 Å². The fourth-order valence-corrected chi connectivity index (χ4v) is 4.50. The van der Waals surface area contributed by atoms with Crippen molar-refractivity contribution in [1.29, 1.82) is 0 Å². The SMILES string of the molecule is O=S(=O)(Nc1nc2c(s1)CCCCC2)c1cccnc1. The lowest BCUT2D eigenvalue weighted by Gasteiger charge is -2.03. The van der Waals surface area contributed by atoms with Crippen LogP contribution in [0.4, 0.5) is 5.13 Å². The summed E-state index contributed by atoms with van der Waals surface area (Å²) in [5.74, 6) is 0. The molecule has 0 spiro atoms. The largest absolute Gasteiger partial charge is 0.265 e. The number of nitrogens with zero attached hydrogens (tertiary/aromatic N) is 2. The summed E-state index contributed by atoms with van der Waals surface area (Å²) in [6.45, 7) is 0. The average molecular weight is 309 g/mol. The quantitative estimate of drug-likeness (QED) is 0.885. The van der Waals surface area contributed by atoms with E-state index in [-0.39, 0.29) is 4.90 Å². The average Bonchev–Trinajstić information content (AvgIpc) is 2.68. The number of hydrogen-bond acceptors (Lipinski definition) is 5. The third-order valence-electron chi connectivity index (χ3n) is 3.26. The Labute approximate surface area is 122 Å². The minimum absolute atomic E-state index is 0.158. The summed E-state index contributed by atoms with van der Waals surface area (Å²) in [5, 5.41) is 0.459. The van der Waals surface area contributed by atoms with Gasteiger partial charge in [-0.3, -0.25) is 9.71 Å². The van der Waals surface area contributed by atoms with Crippen molar-refractivity contribution in [1.82, 2.24) is 9.97 Å². The van der Waals surface area contributed by atoms with Gasteiger partial charge in [0.15, 0.2) is 5.13 Å². The third-order valence-corrected chi connectivity index (χ3v) is 5.79. The number of anilines is 1. The van der Waals surface area contributed by atoms with Crippen LogP contribution in [-0.2, 0) is 22.9 Å². The molecule has 0 unspecified atom stereocenters. The van der Waals surface area contributed by atoms with Gasteiger partial charge in [-0.2, -0.15) is 0 Å². The highest BCUT2D eigenvalue weighted by Crippen LogP contribution is 2.30. The second-order valence-corrected chi connectivity index (χ2v) is 7.51. The first-order valence-corrected chi connectivity index (χ1v) is 8.86. The first-order valence-electron chi connectivity index (χ1n) is 6.56. The highest BCUT2D eigenvalue weighted by Gasteiger charge is 2.19. The summed E-state index contributed by atoms with van der Waals surface area (Å²) in [4.78, 5) is 9.64. The molecule has 2 aromatic rings. The molecular formula is C13H15N3O2S2. The van der Waals surface area contributed by atoms with Crippen LogP contribution in [0.25, 0.3) is 0 Å². The lowest BCUT2D eigenvalue weighted by atomic mass is 10.2. The Morgan fingerprint density at radius 2 is 2.05 bits per heavy atom. The number of sulfonamides is 1. The van der Waals surface area contributed by atoms with Crippen molar-refractivity contribution in [2.45, 2.75) is 37.0 Å². The van der Waals surface area contributed by atoms with E-state index in [0.29, 0.717) is 5.13 Å². The number of aromatic nitrogens is 2. The Kier molecular flexibility index (Phi) is 3.71. The molecule has 2 heterocycles. The molecule has 5 nitrogen and oxygen atoms in total. The first kappa shape index (κ1) is 13.5. The summed E-state index contributed by atoms with van der Waals surface area (Å²) in [7, 11) is -3.59. The molecule has 0 saturated carbocycles. The molecule has 0 aromatic carbocycles. The molecule has 0 atom stereocenters. The van der Waals surface area contributed by atoms with E-state index in [9.17, 15) is 8.42 Å². The number of fused-ring (bicyclic) bond motifs is 1. The normalized spacial score (nSPS) is 15.4. The molecule has 0 saturated heterocycles. The lowest BCUT2D eigenvalue weighted by Crippen LogP contribution is -2.12. The number of nitrogens with one attached hydrogen (secondary N) is 1. The van der Waals surface area contributed by atoms with Gasteiger partial charge in [0, 0.05) is 17.3 Å². The molecule has 1 N–H and O–H groups in total. The van der Waals surface area contributed by atoms with E-state index < -0.39 is 10.0 Å². The number of thiazole rings is 1. The van der Waals surface area contributed by atoms with Crippen LogP contribution in [0.1, 0.15) is 29.8 Å². The molecule has 3 rings (SSSR count). The zero-order valence-electron chi connectivity index (χ0n) is 10.9. The van der Waals surface area contributed by atoms with E-state index in [1.165, 1.54) is 34.9 Å². The summed E-state index contributed by atoms with van der Waals surface area (Å²) < 4.78 is 26.9. The van der Waals surface area contributed by atoms with E-state index >= 15 is 0 Å². The Morgan fingerprint density at radius 3 is 2.85 bits per heavy atom. The molecule has 0 amide bonds. The molecular weight excluding hydrogens is 294 g/mol. The van der Waals surface area contributed by atoms with Crippen LogP contribution in [-0.4, -0.2) is 18.4 Å². The number of pyridine rings is 1. The van der Waals surface area contributed by atoms with E-state index in [1.807, 2.05) is 0 Å². The standard InChI is InChI=1S/C13H15N3O2S2/c17-20(18,10-5-4-8-14-9-10)16-13-15-11-6-2-1-3-7-12(11)19-13/h4-5,8-9H,1-3,6-7H2,(H,15,16). The van der Waals surface area contributed by atoms with Crippen LogP contribution in [0.2, 0.25) is 0 Å². The van der Waals surface area contributed by atoms with E-state index in [0.717, 1.165) is 31.4 Å². The van der Waals surface area contributed by atoms with Crippen molar-refractivity contribution in [3.8, 4) is 0 Å². The van der Waals surface area contributed by atoms with Crippen molar-refractivity contribution < 1.29 is 8.42 Å². The minimum atomic E-state index is -3.59. The summed E-state index contributed by atoms with van der Waals surface area (Å²) >= 11 is 1.45. The predicted molar refractivity (Wildman–Crippen MR) is 78.4 cm³/mol. The molecule has 7 heteroatoms. The van der Waals surface area contributed by atoms with Crippen LogP contribution in [0.15, 0.2) is 29.4 Å². The second kappa shape index (κ2) is 5.49. The Bertz CT molecular complexity index is 672. The molecule has 0 radical (unpaired) electrons. The summed E-state index contributed by atoms with van der Waals surface area (Å²) in [5.41, 5.74) is 1.05. The van der Waals surface area contributed by atoms with Gasteiger partial charge in [0.1, 0.15) is 4.90 Å². The van der Waals surface area contributed by atoms with Gasteiger partial charge in [0.2, 0.25) is 0 Å². The minimum Gasteiger partial charge on any atom is -0.263 e. The zero-order valence-corrected chi connectivity index (χ0v) is 12.5. The van der Waals surface area contributed by atoms with Gasteiger partial charge >= 0.3 is 0 Å². The summed E-state index contributed by atoms with van der Waals surface area (Å²) in [6, 6.07) is 3.12. The molecule has 0 bridgehead atoms. The number of aryl methyl sites for hydroxylation is 2. The fourth-order valence-electron chi connectivity index (χ4n) is 2.25. The van der Waals surface area contributed by atoms with Gasteiger partial charge in [0.05, 0.1) is 5.69 Å². The lowest BCUT2D eigenvalue weighted by molar-refractivity contribution is 0.600. The van der Waals surface area contributed by atoms with Gasteiger partial charge in [-0.25, -0.2) is 13.4 Å². The number of rotatable bonds is 3. The third kappa shape index (κ3) is 2.83. The van der Waals surface area contributed by atoms with Gasteiger partial charge in [0.25, 0.3) is 10.0 Å². The maximum absolute atomic E-state index is 12.2. The van der Waals surface area contributed by atoms with Crippen LogP contribution in [0.3, 0.4) is 0 Å². The van der Waals surface area contributed by atoms with Crippen LogP contribution in [0, 0.1) is 0 Å². The van der Waals surface area contributed by atoms with Crippen LogP contribution in [0.5, 0.6) is 0 Å². The monoisotopic (exact) mass is 309 g/mol. The first-order chi connectivity index (χ1) is 9.65. The zero-order chi connectivity index (χ0) is 14.0. The Hall–Kier alpha value is -1.47. The van der Waals surface area contributed by atoms with Gasteiger partial charge < -0.3 is 0 Å². The highest BCUT2D eigenvalue weighted by atomic mass is 32.2. The molecule has 2 aromatic heterocycles. The second-order valence-electron chi connectivity index (χ2n) is 4.74. The predicted octanol–water partition coefficient (Wildman–Crippen LogP) is 2.61. The van der Waals surface area contributed by atoms with Gasteiger partial charge in [-0.15, -0.1) is 11.3 Å². The van der Waals surface area contributed by atoms with Crippen molar-refractivity contribution in [2.24, 2.45) is 0 Å². The molecule has 20 heavy (non-hydrogen) atoms. The van der Waals surface area contributed by atoms with E-state index in [2.05, 4.69) is 14.7 Å². The summed E-state index contributed by atoms with van der Waals surface area (Å²) in [6.07, 6.45) is 8.34. The van der Waals surface area contributed by atoms with Crippen molar-refractivity contribution in [2.75, 3.05) is 4.72 Å². The maximum Gasteiger partial charge on any atom is 0.265 e. The van der Waals surface area contributed by atoms with E-state index in [4.69, 9.17) is 0 Å². The van der Waals surface area contributed by atoms with Crippen LogP contribution >= 0.6 is 11.3 Å².